The van der Waals surface area contributed by atoms with Gasteiger partial charge in [-0.2, -0.15) is 0 Å². The summed E-state index contributed by atoms with van der Waals surface area (Å²) in [4.78, 5) is 0. The smallest absolute Gasteiger partial charge is 0.0934 e. The molecular weight excluding hydrogens is 200 g/mol. The van der Waals surface area contributed by atoms with Gasteiger partial charge in [0.05, 0.1) is 11.2 Å². The number of hydrogen-bond acceptors (Lipinski definition) is 2. The normalized spacial score (nSPS) is 21.9. The van der Waals surface area contributed by atoms with Gasteiger partial charge in [-0.25, -0.2) is 0 Å². The van der Waals surface area contributed by atoms with E-state index in [1.165, 1.54) is 24.8 Å². The molecule has 1 unspecified atom stereocenters. The van der Waals surface area contributed by atoms with Crippen molar-refractivity contribution in [3.63, 3.8) is 0 Å². The SMILES string of the molecule is CC(C)(O)C(C)(O)C/C=C/C1=CCCCC1. The van der Waals surface area contributed by atoms with E-state index in [0.717, 1.165) is 6.42 Å². The van der Waals surface area contributed by atoms with Crippen LogP contribution in [0.5, 0.6) is 0 Å². The number of hydrogen-bond donors (Lipinski definition) is 2. The number of aliphatic hydroxyl groups is 2. The fourth-order valence-corrected chi connectivity index (χ4v) is 1.70. The summed E-state index contributed by atoms with van der Waals surface area (Å²) >= 11 is 0. The van der Waals surface area contributed by atoms with Gasteiger partial charge in [-0.1, -0.05) is 23.8 Å². The molecule has 0 aromatic rings. The van der Waals surface area contributed by atoms with E-state index in [2.05, 4.69) is 12.2 Å². The molecule has 0 spiro atoms. The average Bonchev–Trinajstić information content (AvgIpc) is 2.17. The summed E-state index contributed by atoms with van der Waals surface area (Å²) < 4.78 is 0. The molecule has 0 aliphatic heterocycles. The van der Waals surface area contributed by atoms with Gasteiger partial charge in [-0.15, -0.1) is 0 Å². The lowest BCUT2D eigenvalue weighted by atomic mass is 9.84. The highest BCUT2D eigenvalue weighted by Gasteiger charge is 2.36. The molecule has 0 bridgehead atoms. The van der Waals surface area contributed by atoms with Crippen LogP contribution >= 0.6 is 0 Å². The molecule has 92 valence electrons. The zero-order valence-electron chi connectivity index (χ0n) is 10.7. The minimum atomic E-state index is -1.07. The molecule has 2 nitrogen and oxygen atoms in total. The van der Waals surface area contributed by atoms with Gasteiger partial charge in [0, 0.05) is 0 Å². The summed E-state index contributed by atoms with van der Waals surface area (Å²) in [7, 11) is 0. The molecule has 0 fully saturated rings. The Morgan fingerprint density at radius 2 is 1.94 bits per heavy atom. The van der Waals surface area contributed by atoms with Crippen molar-refractivity contribution < 1.29 is 10.2 Å². The van der Waals surface area contributed by atoms with Gasteiger partial charge in [0.2, 0.25) is 0 Å². The maximum atomic E-state index is 10.1. The van der Waals surface area contributed by atoms with Crippen molar-refractivity contribution in [1.29, 1.82) is 0 Å². The molecule has 1 atom stereocenters. The zero-order valence-corrected chi connectivity index (χ0v) is 10.7. The molecule has 2 N–H and O–H groups in total. The third-order valence-electron chi connectivity index (χ3n) is 3.49. The van der Waals surface area contributed by atoms with E-state index in [0.29, 0.717) is 6.42 Å². The topological polar surface area (TPSA) is 40.5 Å². The molecule has 0 saturated carbocycles. The Bertz CT molecular complexity index is 280. The third kappa shape index (κ3) is 3.76. The van der Waals surface area contributed by atoms with Crippen LogP contribution in [0.2, 0.25) is 0 Å². The van der Waals surface area contributed by atoms with Crippen molar-refractivity contribution in [2.45, 2.75) is 64.1 Å². The Morgan fingerprint density at radius 3 is 2.44 bits per heavy atom. The number of rotatable bonds is 4. The van der Waals surface area contributed by atoms with Gasteiger partial charge >= 0.3 is 0 Å². The molecule has 1 aliphatic carbocycles. The van der Waals surface area contributed by atoms with Crippen molar-refractivity contribution in [1.82, 2.24) is 0 Å². The van der Waals surface area contributed by atoms with Gasteiger partial charge in [-0.3, -0.25) is 0 Å². The standard InChI is InChI=1S/C14H24O2/c1-13(2,15)14(3,16)11-7-10-12-8-5-4-6-9-12/h7-8,10,15-16H,4-6,9,11H2,1-3H3/b10-7+. The molecule has 0 saturated heterocycles. The molecule has 2 heteroatoms. The van der Waals surface area contributed by atoms with Gasteiger partial charge in [0.1, 0.15) is 0 Å². The quantitative estimate of drug-likeness (QED) is 0.770. The van der Waals surface area contributed by atoms with Crippen LogP contribution in [0.1, 0.15) is 52.9 Å². The van der Waals surface area contributed by atoms with E-state index in [1.807, 2.05) is 6.08 Å². The Balaban J connectivity index is 2.50. The molecular formula is C14H24O2. The fraction of sp³-hybridized carbons (Fsp3) is 0.714. The van der Waals surface area contributed by atoms with E-state index < -0.39 is 11.2 Å². The van der Waals surface area contributed by atoms with E-state index in [4.69, 9.17) is 0 Å². The van der Waals surface area contributed by atoms with Crippen LogP contribution in [-0.2, 0) is 0 Å². The fourth-order valence-electron chi connectivity index (χ4n) is 1.70. The van der Waals surface area contributed by atoms with Crippen molar-refractivity contribution in [3.05, 3.63) is 23.8 Å². The Kier molecular flexibility index (Phi) is 4.34. The molecule has 0 radical (unpaired) electrons. The van der Waals surface area contributed by atoms with Crippen molar-refractivity contribution in [2.75, 3.05) is 0 Å². The highest BCUT2D eigenvalue weighted by molar-refractivity contribution is 5.20. The second-order valence-corrected chi connectivity index (χ2v) is 5.46. The summed E-state index contributed by atoms with van der Waals surface area (Å²) in [5, 5.41) is 19.8. The summed E-state index contributed by atoms with van der Waals surface area (Å²) in [6.45, 7) is 4.95. The molecule has 0 aromatic heterocycles. The Hall–Kier alpha value is -0.600. The Morgan fingerprint density at radius 1 is 1.25 bits per heavy atom. The van der Waals surface area contributed by atoms with E-state index in [-0.39, 0.29) is 0 Å². The molecule has 1 rings (SSSR count). The first-order chi connectivity index (χ1) is 7.33. The van der Waals surface area contributed by atoms with E-state index in [1.54, 1.807) is 20.8 Å². The lowest BCUT2D eigenvalue weighted by Gasteiger charge is -2.34. The zero-order chi connectivity index (χ0) is 12.2. The predicted molar refractivity (Wildman–Crippen MR) is 67.2 cm³/mol. The van der Waals surface area contributed by atoms with Crippen LogP contribution < -0.4 is 0 Å². The highest BCUT2D eigenvalue weighted by atomic mass is 16.3. The lowest BCUT2D eigenvalue weighted by Crippen LogP contribution is -2.47. The second kappa shape index (κ2) is 5.15. The third-order valence-corrected chi connectivity index (χ3v) is 3.49. The van der Waals surface area contributed by atoms with Crippen molar-refractivity contribution in [3.8, 4) is 0 Å². The van der Waals surface area contributed by atoms with E-state index >= 15 is 0 Å². The monoisotopic (exact) mass is 224 g/mol. The van der Waals surface area contributed by atoms with Crippen LogP contribution in [0.3, 0.4) is 0 Å². The lowest BCUT2D eigenvalue weighted by molar-refractivity contribution is -0.117. The first-order valence-electron chi connectivity index (χ1n) is 6.13. The largest absolute Gasteiger partial charge is 0.387 e. The Labute approximate surface area is 98.7 Å². The first-order valence-corrected chi connectivity index (χ1v) is 6.13. The summed E-state index contributed by atoms with van der Waals surface area (Å²) in [6, 6.07) is 0. The predicted octanol–water partition coefficient (Wildman–Crippen LogP) is 2.96. The van der Waals surface area contributed by atoms with Crippen LogP contribution in [-0.4, -0.2) is 21.4 Å². The van der Waals surface area contributed by atoms with Crippen molar-refractivity contribution in [2.24, 2.45) is 0 Å². The van der Waals surface area contributed by atoms with Gasteiger partial charge < -0.3 is 10.2 Å². The molecule has 1 aliphatic rings. The van der Waals surface area contributed by atoms with Gasteiger partial charge in [-0.05, 0) is 52.9 Å². The molecule has 16 heavy (non-hydrogen) atoms. The second-order valence-electron chi connectivity index (χ2n) is 5.46. The number of allylic oxidation sites excluding steroid dienone is 3. The minimum absolute atomic E-state index is 0.480. The molecule has 0 aromatic carbocycles. The van der Waals surface area contributed by atoms with Gasteiger partial charge in [0.15, 0.2) is 0 Å². The summed E-state index contributed by atoms with van der Waals surface area (Å²) in [5.74, 6) is 0. The van der Waals surface area contributed by atoms with Crippen LogP contribution in [0, 0.1) is 0 Å². The molecule has 0 heterocycles. The minimum Gasteiger partial charge on any atom is -0.387 e. The van der Waals surface area contributed by atoms with Gasteiger partial charge in [0.25, 0.3) is 0 Å². The average molecular weight is 224 g/mol. The first kappa shape index (κ1) is 13.5. The van der Waals surface area contributed by atoms with Crippen molar-refractivity contribution >= 4 is 0 Å². The molecule has 0 amide bonds. The maximum Gasteiger partial charge on any atom is 0.0934 e. The summed E-state index contributed by atoms with van der Waals surface area (Å²) in [5.41, 5.74) is -0.783. The van der Waals surface area contributed by atoms with Crippen LogP contribution in [0.4, 0.5) is 0 Å². The van der Waals surface area contributed by atoms with E-state index in [9.17, 15) is 10.2 Å². The van der Waals surface area contributed by atoms with Crippen LogP contribution in [0.25, 0.3) is 0 Å². The van der Waals surface area contributed by atoms with Crippen LogP contribution in [0.15, 0.2) is 23.8 Å². The maximum absolute atomic E-state index is 10.1. The highest BCUT2D eigenvalue weighted by Crippen LogP contribution is 2.26. The summed E-state index contributed by atoms with van der Waals surface area (Å²) in [6.07, 6.45) is 11.7.